The zero-order chi connectivity index (χ0) is 20.1. The Hall–Kier alpha value is -1.22. The van der Waals surface area contributed by atoms with E-state index in [1.807, 2.05) is 0 Å². The SMILES string of the molecule is C[C@H](CSC(=O)[C@@H]1CCCN1C(=O)[C@@H](C)CS)C(=O)N1CCC[C@H]1C(=O)O. The van der Waals surface area contributed by atoms with Gasteiger partial charge in [0, 0.05) is 36.4 Å². The predicted octanol–water partition coefficient (Wildman–Crippen LogP) is 1.51. The normalized spacial score (nSPS) is 24.7. The summed E-state index contributed by atoms with van der Waals surface area (Å²) in [7, 11) is 0. The van der Waals surface area contributed by atoms with Gasteiger partial charge < -0.3 is 14.9 Å². The fourth-order valence-corrected chi connectivity index (χ4v) is 4.73. The minimum Gasteiger partial charge on any atom is -0.480 e. The van der Waals surface area contributed by atoms with Crippen LogP contribution in [0.4, 0.5) is 0 Å². The number of thioether (sulfide) groups is 1. The number of carboxylic acid groups (broad SMARTS) is 1. The van der Waals surface area contributed by atoms with Crippen molar-refractivity contribution >= 4 is 47.3 Å². The number of carbonyl (C=O) groups excluding carboxylic acids is 3. The van der Waals surface area contributed by atoms with Gasteiger partial charge in [-0.2, -0.15) is 12.6 Å². The minimum atomic E-state index is -0.977. The van der Waals surface area contributed by atoms with E-state index in [9.17, 15) is 24.3 Å². The van der Waals surface area contributed by atoms with E-state index in [4.69, 9.17) is 0 Å². The number of carbonyl (C=O) groups is 4. The van der Waals surface area contributed by atoms with Gasteiger partial charge >= 0.3 is 5.97 Å². The molecular weight excluding hydrogens is 388 g/mol. The first-order chi connectivity index (χ1) is 12.8. The summed E-state index contributed by atoms with van der Waals surface area (Å²) in [5, 5.41) is 9.13. The lowest BCUT2D eigenvalue weighted by atomic mass is 10.1. The van der Waals surface area contributed by atoms with Crippen LogP contribution in [0.2, 0.25) is 0 Å². The highest BCUT2D eigenvalue weighted by Crippen LogP contribution is 2.27. The van der Waals surface area contributed by atoms with Gasteiger partial charge in [-0.05, 0) is 25.7 Å². The Morgan fingerprint density at radius 3 is 2.07 bits per heavy atom. The minimum absolute atomic E-state index is 0.0491. The molecule has 4 atom stereocenters. The van der Waals surface area contributed by atoms with E-state index in [1.165, 1.54) is 4.90 Å². The molecule has 0 bridgehead atoms. The quantitative estimate of drug-likeness (QED) is 0.611. The third-order valence-electron chi connectivity index (χ3n) is 5.22. The van der Waals surface area contributed by atoms with Crippen LogP contribution in [0.15, 0.2) is 0 Å². The number of aliphatic carboxylic acids is 1. The molecule has 2 heterocycles. The predicted molar refractivity (Wildman–Crippen MR) is 107 cm³/mol. The highest BCUT2D eigenvalue weighted by molar-refractivity contribution is 8.13. The second-order valence-electron chi connectivity index (χ2n) is 7.33. The number of rotatable bonds is 7. The van der Waals surface area contributed by atoms with Gasteiger partial charge in [0.1, 0.15) is 12.1 Å². The summed E-state index contributed by atoms with van der Waals surface area (Å²) >= 11 is 5.23. The standard InChI is InChI=1S/C18H28N2O5S2/c1-11(9-26)15(21)20-8-4-6-14(20)18(25)27-10-12(2)16(22)19-7-3-5-13(19)17(23)24/h11-14,26H,3-10H2,1-2H3,(H,23,24)/t11-,12+,13-,14-/m0/s1. The van der Waals surface area contributed by atoms with Crippen LogP contribution in [0, 0.1) is 11.8 Å². The van der Waals surface area contributed by atoms with Crippen LogP contribution in [0.5, 0.6) is 0 Å². The summed E-state index contributed by atoms with van der Waals surface area (Å²) in [6.45, 7) is 4.56. The van der Waals surface area contributed by atoms with Gasteiger partial charge in [-0.15, -0.1) is 0 Å². The zero-order valence-electron chi connectivity index (χ0n) is 15.8. The smallest absolute Gasteiger partial charge is 0.326 e. The van der Waals surface area contributed by atoms with Crippen molar-refractivity contribution in [2.45, 2.75) is 51.6 Å². The molecule has 2 rings (SSSR count). The Morgan fingerprint density at radius 1 is 1.00 bits per heavy atom. The summed E-state index contributed by atoms with van der Waals surface area (Å²) in [5.41, 5.74) is 0. The molecule has 2 amide bonds. The lowest BCUT2D eigenvalue weighted by Gasteiger charge is -2.27. The van der Waals surface area contributed by atoms with Crippen LogP contribution in [0.3, 0.4) is 0 Å². The van der Waals surface area contributed by atoms with Gasteiger partial charge in [0.15, 0.2) is 0 Å². The third-order valence-corrected chi connectivity index (χ3v) is 6.99. The maximum absolute atomic E-state index is 12.6. The number of hydrogen-bond donors (Lipinski definition) is 2. The summed E-state index contributed by atoms with van der Waals surface area (Å²) in [6, 6.07) is -1.20. The average Bonchev–Trinajstić information content (AvgIpc) is 3.33. The summed E-state index contributed by atoms with van der Waals surface area (Å²) in [5.74, 6) is -1.18. The van der Waals surface area contributed by atoms with Gasteiger partial charge in [0.05, 0.1) is 0 Å². The lowest BCUT2D eigenvalue weighted by molar-refractivity contribution is -0.149. The van der Waals surface area contributed by atoms with E-state index < -0.39 is 24.0 Å². The van der Waals surface area contributed by atoms with E-state index in [0.717, 1.165) is 18.2 Å². The van der Waals surface area contributed by atoms with Crippen molar-refractivity contribution in [1.82, 2.24) is 9.80 Å². The number of nitrogens with zero attached hydrogens (tertiary/aromatic N) is 2. The second kappa shape index (κ2) is 9.82. The molecule has 0 radical (unpaired) electrons. The average molecular weight is 417 g/mol. The summed E-state index contributed by atoms with van der Waals surface area (Å²) < 4.78 is 0. The Labute approximate surface area is 169 Å². The molecule has 2 aliphatic heterocycles. The first-order valence-electron chi connectivity index (χ1n) is 9.39. The molecule has 0 saturated carbocycles. The molecule has 2 fully saturated rings. The molecule has 2 saturated heterocycles. The molecule has 152 valence electrons. The largest absolute Gasteiger partial charge is 0.480 e. The zero-order valence-corrected chi connectivity index (χ0v) is 17.5. The van der Waals surface area contributed by atoms with Gasteiger partial charge in [-0.25, -0.2) is 4.79 Å². The fraction of sp³-hybridized carbons (Fsp3) is 0.778. The van der Waals surface area contributed by atoms with Crippen LogP contribution in [-0.2, 0) is 19.2 Å². The van der Waals surface area contributed by atoms with Crippen LogP contribution in [0.1, 0.15) is 39.5 Å². The van der Waals surface area contributed by atoms with E-state index >= 15 is 0 Å². The van der Waals surface area contributed by atoms with Gasteiger partial charge in [0.25, 0.3) is 0 Å². The van der Waals surface area contributed by atoms with Gasteiger partial charge in [0.2, 0.25) is 16.9 Å². The number of hydrogen-bond acceptors (Lipinski definition) is 6. The number of carboxylic acids is 1. The first kappa shape index (κ1) is 22.1. The molecular formula is C18H28N2O5S2. The lowest BCUT2D eigenvalue weighted by Crippen LogP contribution is -2.44. The molecule has 0 aromatic heterocycles. The first-order valence-corrected chi connectivity index (χ1v) is 11.0. The molecule has 0 aliphatic carbocycles. The molecule has 9 heteroatoms. The van der Waals surface area contributed by atoms with Crippen molar-refractivity contribution in [1.29, 1.82) is 0 Å². The van der Waals surface area contributed by atoms with Crippen LogP contribution >= 0.6 is 24.4 Å². The van der Waals surface area contributed by atoms with E-state index in [0.29, 0.717) is 43.9 Å². The van der Waals surface area contributed by atoms with Gasteiger partial charge in [-0.3, -0.25) is 14.4 Å². The molecule has 0 spiro atoms. The van der Waals surface area contributed by atoms with E-state index in [-0.39, 0.29) is 22.8 Å². The van der Waals surface area contributed by atoms with Crippen molar-refractivity contribution in [2.24, 2.45) is 11.8 Å². The molecule has 27 heavy (non-hydrogen) atoms. The fourth-order valence-electron chi connectivity index (χ4n) is 3.58. The van der Waals surface area contributed by atoms with Crippen molar-refractivity contribution < 1.29 is 24.3 Å². The highest BCUT2D eigenvalue weighted by Gasteiger charge is 2.38. The van der Waals surface area contributed by atoms with Crippen LogP contribution in [-0.4, -0.2) is 74.5 Å². The Morgan fingerprint density at radius 2 is 1.52 bits per heavy atom. The van der Waals surface area contributed by atoms with Gasteiger partial charge in [-0.1, -0.05) is 25.6 Å². The highest BCUT2D eigenvalue weighted by atomic mass is 32.2. The van der Waals surface area contributed by atoms with Crippen LogP contribution < -0.4 is 0 Å². The second-order valence-corrected chi connectivity index (χ2v) is 8.72. The summed E-state index contributed by atoms with van der Waals surface area (Å²) in [6.07, 6.45) is 2.60. The Balaban J connectivity index is 1.89. The maximum atomic E-state index is 12.6. The number of amides is 2. The van der Waals surface area contributed by atoms with E-state index in [1.54, 1.807) is 18.7 Å². The van der Waals surface area contributed by atoms with Crippen molar-refractivity contribution in [2.75, 3.05) is 24.6 Å². The molecule has 2 aliphatic rings. The van der Waals surface area contributed by atoms with Crippen molar-refractivity contribution in [3.63, 3.8) is 0 Å². The number of thiol groups is 1. The van der Waals surface area contributed by atoms with Crippen molar-refractivity contribution in [3.05, 3.63) is 0 Å². The monoisotopic (exact) mass is 416 g/mol. The maximum Gasteiger partial charge on any atom is 0.326 e. The molecule has 1 N–H and O–H groups in total. The molecule has 0 aromatic carbocycles. The Bertz CT molecular complexity index is 600. The molecule has 7 nitrogen and oxygen atoms in total. The topological polar surface area (TPSA) is 95.0 Å². The molecule has 0 unspecified atom stereocenters. The van der Waals surface area contributed by atoms with Crippen LogP contribution in [0.25, 0.3) is 0 Å². The third kappa shape index (κ3) is 5.19. The summed E-state index contributed by atoms with van der Waals surface area (Å²) in [4.78, 5) is 51.9. The Kier molecular flexibility index (Phi) is 8.03. The van der Waals surface area contributed by atoms with E-state index in [2.05, 4.69) is 12.6 Å². The van der Waals surface area contributed by atoms with Crippen molar-refractivity contribution in [3.8, 4) is 0 Å². The number of likely N-dealkylation sites (tertiary alicyclic amines) is 2. The molecule has 0 aromatic rings.